The molecular formula is C20H25N. The molecule has 21 heavy (non-hydrogen) atoms. The molecule has 0 bridgehead atoms. The zero-order valence-corrected chi connectivity index (χ0v) is 12.9. The van der Waals surface area contributed by atoms with E-state index >= 15 is 0 Å². The van der Waals surface area contributed by atoms with Gasteiger partial charge in [0.25, 0.3) is 0 Å². The smallest absolute Gasteiger partial charge is 0.0178 e. The highest BCUT2D eigenvalue weighted by atomic mass is 14.5. The molecule has 0 heterocycles. The van der Waals surface area contributed by atoms with Crippen molar-refractivity contribution in [3.8, 4) is 11.1 Å². The number of aryl methyl sites for hydroxylation is 1. The van der Waals surface area contributed by atoms with Gasteiger partial charge < -0.3 is 5.73 Å². The summed E-state index contributed by atoms with van der Waals surface area (Å²) in [5.41, 5.74) is 12.4. The molecule has 2 N–H and O–H groups in total. The van der Waals surface area contributed by atoms with Gasteiger partial charge in [-0.15, -0.1) is 0 Å². The van der Waals surface area contributed by atoms with Crippen LogP contribution in [0.3, 0.4) is 0 Å². The predicted octanol–water partition coefficient (Wildman–Crippen LogP) is 5.17. The van der Waals surface area contributed by atoms with Gasteiger partial charge in [0.05, 0.1) is 0 Å². The summed E-state index contributed by atoms with van der Waals surface area (Å²) in [4.78, 5) is 0. The van der Waals surface area contributed by atoms with Crippen LogP contribution in [0.2, 0.25) is 0 Å². The van der Waals surface area contributed by atoms with Gasteiger partial charge in [0, 0.05) is 6.54 Å². The van der Waals surface area contributed by atoms with Crippen molar-refractivity contribution in [2.75, 3.05) is 0 Å². The van der Waals surface area contributed by atoms with Crippen molar-refractivity contribution in [1.29, 1.82) is 0 Å². The summed E-state index contributed by atoms with van der Waals surface area (Å²) >= 11 is 0. The van der Waals surface area contributed by atoms with Gasteiger partial charge >= 0.3 is 0 Å². The second-order valence-corrected chi connectivity index (χ2v) is 6.31. The second-order valence-electron chi connectivity index (χ2n) is 6.31. The van der Waals surface area contributed by atoms with Gasteiger partial charge in [-0.25, -0.2) is 0 Å². The molecule has 1 heteroatoms. The van der Waals surface area contributed by atoms with E-state index in [1.54, 1.807) is 0 Å². The summed E-state index contributed by atoms with van der Waals surface area (Å²) in [6.07, 6.45) is 6.94. The first-order valence-corrected chi connectivity index (χ1v) is 8.18. The van der Waals surface area contributed by atoms with E-state index in [4.69, 9.17) is 5.73 Å². The van der Waals surface area contributed by atoms with Crippen LogP contribution in [0, 0.1) is 6.92 Å². The fraction of sp³-hybridized carbons (Fsp3) is 0.400. The lowest BCUT2D eigenvalue weighted by atomic mass is 9.83. The Morgan fingerprint density at radius 3 is 2.29 bits per heavy atom. The summed E-state index contributed by atoms with van der Waals surface area (Å²) in [5, 5.41) is 0. The first kappa shape index (κ1) is 14.3. The summed E-state index contributed by atoms with van der Waals surface area (Å²) in [5.74, 6) is 0.786. The normalized spacial score (nSPS) is 16.1. The molecule has 0 aromatic heterocycles. The fourth-order valence-corrected chi connectivity index (χ4v) is 3.55. The molecule has 3 rings (SSSR count). The van der Waals surface area contributed by atoms with E-state index < -0.39 is 0 Å². The topological polar surface area (TPSA) is 26.0 Å². The number of benzene rings is 2. The highest BCUT2D eigenvalue weighted by Crippen LogP contribution is 2.34. The molecule has 1 aliphatic carbocycles. The van der Waals surface area contributed by atoms with E-state index in [-0.39, 0.29) is 0 Å². The van der Waals surface area contributed by atoms with Crippen LogP contribution < -0.4 is 5.73 Å². The maximum atomic E-state index is 5.71. The van der Waals surface area contributed by atoms with Crippen LogP contribution in [0.5, 0.6) is 0 Å². The lowest BCUT2D eigenvalue weighted by Crippen LogP contribution is -2.04. The molecule has 1 fully saturated rings. The van der Waals surface area contributed by atoms with E-state index in [1.165, 1.54) is 59.9 Å². The molecule has 1 nitrogen and oxygen atoms in total. The average molecular weight is 279 g/mol. The number of rotatable bonds is 3. The quantitative estimate of drug-likeness (QED) is 0.824. The second kappa shape index (κ2) is 6.44. The van der Waals surface area contributed by atoms with Crippen LogP contribution in [0.4, 0.5) is 0 Å². The summed E-state index contributed by atoms with van der Waals surface area (Å²) in [6, 6.07) is 15.8. The van der Waals surface area contributed by atoms with Crippen molar-refractivity contribution in [2.45, 2.75) is 51.5 Å². The Balaban J connectivity index is 1.83. The summed E-state index contributed by atoms with van der Waals surface area (Å²) < 4.78 is 0. The van der Waals surface area contributed by atoms with Crippen LogP contribution in [0.1, 0.15) is 54.7 Å². The molecule has 110 valence electrons. The molecule has 1 aliphatic rings. The molecule has 0 spiro atoms. The van der Waals surface area contributed by atoms with Gasteiger partial charge in [-0.3, -0.25) is 0 Å². The molecule has 0 saturated heterocycles. The Morgan fingerprint density at radius 2 is 1.67 bits per heavy atom. The third-order valence-electron chi connectivity index (χ3n) is 4.82. The molecule has 0 amide bonds. The number of hydrogen-bond donors (Lipinski definition) is 1. The van der Waals surface area contributed by atoms with Crippen molar-refractivity contribution < 1.29 is 0 Å². The Bertz CT molecular complexity index is 592. The van der Waals surface area contributed by atoms with E-state index in [2.05, 4.69) is 49.4 Å². The van der Waals surface area contributed by atoms with Crippen molar-refractivity contribution in [2.24, 2.45) is 5.73 Å². The lowest BCUT2D eigenvalue weighted by molar-refractivity contribution is 0.443. The molecule has 0 radical (unpaired) electrons. The lowest BCUT2D eigenvalue weighted by Gasteiger charge is -2.22. The van der Waals surface area contributed by atoms with Crippen LogP contribution in [0.15, 0.2) is 42.5 Å². The van der Waals surface area contributed by atoms with Gasteiger partial charge in [-0.1, -0.05) is 61.7 Å². The van der Waals surface area contributed by atoms with E-state index in [0.717, 1.165) is 5.92 Å². The fourth-order valence-electron chi connectivity index (χ4n) is 3.55. The molecule has 0 aliphatic heterocycles. The van der Waals surface area contributed by atoms with E-state index in [1.807, 2.05) is 0 Å². The maximum absolute atomic E-state index is 5.71. The van der Waals surface area contributed by atoms with Crippen molar-refractivity contribution in [1.82, 2.24) is 0 Å². The van der Waals surface area contributed by atoms with Gasteiger partial charge in [0.2, 0.25) is 0 Å². The first-order valence-electron chi connectivity index (χ1n) is 8.18. The molecule has 0 atom stereocenters. The summed E-state index contributed by atoms with van der Waals surface area (Å²) in [6.45, 7) is 2.78. The van der Waals surface area contributed by atoms with Crippen molar-refractivity contribution >= 4 is 0 Å². The van der Waals surface area contributed by atoms with Crippen molar-refractivity contribution in [3.63, 3.8) is 0 Å². The molecule has 0 unspecified atom stereocenters. The van der Waals surface area contributed by atoms with Crippen LogP contribution in [-0.4, -0.2) is 0 Å². The van der Waals surface area contributed by atoms with Crippen LogP contribution in [-0.2, 0) is 6.54 Å². The zero-order chi connectivity index (χ0) is 14.7. The standard InChI is InChI=1S/C20H25N/c1-15-13-16(14-21)7-12-20(15)19-10-8-18(9-11-19)17-5-3-2-4-6-17/h7-13,17H,2-6,14,21H2,1H3. The Hall–Kier alpha value is -1.60. The molecule has 1 saturated carbocycles. The summed E-state index contributed by atoms with van der Waals surface area (Å²) in [7, 11) is 0. The minimum Gasteiger partial charge on any atom is -0.326 e. The Labute approximate surface area is 128 Å². The van der Waals surface area contributed by atoms with Crippen molar-refractivity contribution in [3.05, 3.63) is 59.2 Å². The molecular weight excluding hydrogens is 254 g/mol. The Morgan fingerprint density at radius 1 is 0.952 bits per heavy atom. The zero-order valence-electron chi connectivity index (χ0n) is 12.9. The van der Waals surface area contributed by atoms with Gasteiger partial charge in [-0.2, -0.15) is 0 Å². The average Bonchev–Trinajstić information content (AvgIpc) is 2.56. The Kier molecular flexibility index (Phi) is 4.40. The van der Waals surface area contributed by atoms with Gasteiger partial charge in [0.15, 0.2) is 0 Å². The largest absolute Gasteiger partial charge is 0.326 e. The number of nitrogens with two attached hydrogens (primary N) is 1. The first-order chi connectivity index (χ1) is 10.3. The van der Waals surface area contributed by atoms with Crippen LogP contribution in [0.25, 0.3) is 11.1 Å². The SMILES string of the molecule is Cc1cc(CN)ccc1-c1ccc(C2CCCCC2)cc1. The molecule has 2 aromatic carbocycles. The van der Waals surface area contributed by atoms with E-state index in [9.17, 15) is 0 Å². The monoisotopic (exact) mass is 279 g/mol. The third kappa shape index (κ3) is 3.19. The number of hydrogen-bond acceptors (Lipinski definition) is 1. The molecule has 2 aromatic rings. The third-order valence-corrected chi connectivity index (χ3v) is 4.82. The highest BCUT2D eigenvalue weighted by Gasteiger charge is 2.15. The minimum absolute atomic E-state index is 0.613. The van der Waals surface area contributed by atoms with Gasteiger partial charge in [-0.05, 0) is 53.5 Å². The minimum atomic E-state index is 0.613. The van der Waals surface area contributed by atoms with Crippen LogP contribution >= 0.6 is 0 Å². The maximum Gasteiger partial charge on any atom is 0.0178 e. The van der Waals surface area contributed by atoms with E-state index in [0.29, 0.717) is 6.54 Å². The highest BCUT2D eigenvalue weighted by molar-refractivity contribution is 5.67. The predicted molar refractivity (Wildman–Crippen MR) is 90.3 cm³/mol. The van der Waals surface area contributed by atoms with Gasteiger partial charge in [0.1, 0.15) is 0 Å².